The van der Waals surface area contributed by atoms with E-state index in [1.807, 2.05) is 0 Å². The van der Waals surface area contributed by atoms with Crippen molar-refractivity contribution >= 4 is 0 Å². The molecule has 0 radical (unpaired) electrons. The van der Waals surface area contributed by atoms with Gasteiger partial charge in [-0.1, -0.05) is 47.1 Å². The Kier molecular flexibility index (Phi) is 4.03. The van der Waals surface area contributed by atoms with Crippen LogP contribution in [0, 0.1) is 11.3 Å². The monoisotopic (exact) mass is 316 g/mol. The van der Waals surface area contributed by atoms with Crippen LogP contribution in [-0.2, 0) is 5.41 Å². The van der Waals surface area contributed by atoms with Crippen molar-refractivity contribution in [2.45, 2.75) is 77.7 Å². The van der Waals surface area contributed by atoms with E-state index in [4.69, 9.17) is 4.74 Å². The van der Waals surface area contributed by atoms with Crippen LogP contribution in [0.1, 0.15) is 89.0 Å². The third-order valence-corrected chi connectivity index (χ3v) is 6.68. The second kappa shape index (κ2) is 5.51. The van der Waals surface area contributed by atoms with Gasteiger partial charge in [0.2, 0.25) is 0 Å². The van der Waals surface area contributed by atoms with Gasteiger partial charge in [-0.15, -0.1) is 0 Å². The lowest BCUT2D eigenvalue weighted by molar-refractivity contribution is -0.00733. The van der Waals surface area contributed by atoms with Gasteiger partial charge in [0.15, 0.2) is 0 Å². The summed E-state index contributed by atoms with van der Waals surface area (Å²) in [6, 6.07) is 4.35. The third kappa shape index (κ3) is 2.41. The molecule has 0 saturated heterocycles. The first-order valence-electron chi connectivity index (χ1n) is 9.11. The standard InChI is InChI=1S/C21H32O2/c1-13(2)18-16(23-6)9-8-14-19(18)15(22)12-17-20(3,4)10-7-11-21(14,17)5/h8-9,13,15,17,22H,7,10-12H2,1-6H3. The molecule has 1 aromatic rings. The Hall–Kier alpha value is -1.02. The molecular formula is C21H32O2. The minimum absolute atomic E-state index is 0.173. The zero-order valence-corrected chi connectivity index (χ0v) is 15.6. The minimum atomic E-state index is -0.368. The lowest BCUT2D eigenvalue weighted by Crippen LogP contribution is -2.49. The van der Waals surface area contributed by atoms with E-state index in [-0.39, 0.29) is 11.5 Å². The summed E-state index contributed by atoms with van der Waals surface area (Å²) in [5, 5.41) is 11.0. The summed E-state index contributed by atoms with van der Waals surface area (Å²) in [5.74, 6) is 1.82. The number of ether oxygens (including phenoxy) is 1. The fraction of sp³-hybridized carbons (Fsp3) is 0.714. The van der Waals surface area contributed by atoms with Crippen LogP contribution in [0.25, 0.3) is 0 Å². The Labute approximate surface area is 141 Å². The number of methoxy groups -OCH3 is 1. The predicted octanol–water partition coefficient (Wildman–Crippen LogP) is 5.34. The highest BCUT2D eigenvalue weighted by Crippen LogP contribution is 2.60. The molecular weight excluding hydrogens is 284 g/mol. The second-order valence-corrected chi connectivity index (χ2v) is 8.86. The van der Waals surface area contributed by atoms with Crippen molar-refractivity contribution in [1.82, 2.24) is 0 Å². The van der Waals surface area contributed by atoms with Gasteiger partial charge in [0.1, 0.15) is 5.75 Å². The number of rotatable bonds is 2. The van der Waals surface area contributed by atoms with Gasteiger partial charge in [0, 0.05) is 5.56 Å². The van der Waals surface area contributed by atoms with E-state index in [1.165, 1.54) is 30.4 Å². The molecule has 2 aliphatic carbocycles. The summed E-state index contributed by atoms with van der Waals surface area (Å²) in [6.45, 7) is 11.6. The van der Waals surface area contributed by atoms with Gasteiger partial charge in [-0.3, -0.25) is 0 Å². The van der Waals surface area contributed by atoms with Crippen molar-refractivity contribution in [3.63, 3.8) is 0 Å². The molecule has 1 N–H and O–H groups in total. The number of hydrogen-bond acceptors (Lipinski definition) is 2. The van der Waals surface area contributed by atoms with Crippen LogP contribution < -0.4 is 4.74 Å². The van der Waals surface area contributed by atoms with E-state index < -0.39 is 0 Å². The maximum atomic E-state index is 11.0. The van der Waals surface area contributed by atoms with E-state index in [9.17, 15) is 5.11 Å². The van der Waals surface area contributed by atoms with Crippen LogP contribution in [-0.4, -0.2) is 12.2 Å². The molecule has 0 aliphatic heterocycles. The highest BCUT2D eigenvalue weighted by atomic mass is 16.5. The summed E-state index contributed by atoms with van der Waals surface area (Å²) in [7, 11) is 1.73. The van der Waals surface area contributed by atoms with Crippen LogP contribution in [0.4, 0.5) is 0 Å². The van der Waals surface area contributed by atoms with Crippen LogP contribution in [0.15, 0.2) is 12.1 Å². The van der Waals surface area contributed by atoms with Crippen LogP contribution in [0.5, 0.6) is 5.75 Å². The third-order valence-electron chi connectivity index (χ3n) is 6.68. The molecule has 1 aromatic carbocycles. The first-order chi connectivity index (χ1) is 10.7. The van der Waals surface area contributed by atoms with E-state index in [2.05, 4.69) is 46.8 Å². The lowest BCUT2D eigenvalue weighted by atomic mass is 9.49. The van der Waals surface area contributed by atoms with Gasteiger partial charge in [-0.25, -0.2) is 0 Å². The molecule has 2 aliphatic rings. The zero-order chi connectivity index (χ0) is 17.0. The summed E-state index contributed by atoms with van der Waals surface area (Å²) in [4.78, 5) is 0. The minimum Gasteiger partial charge on any atom is -0.496 e. The number of benzene rings is 1. The molecule has 3 unspecified atom stereocenters. The Morgan fingerprint density at radius 2 is 1.87 bits per heavy atom. The van der Waals surface area contributed by atoms with E-state index in [1.54, 1.807) is 7.11 Å². The normalized spacial score (nSPS) is 32.3. The highest BCUT2D eigenvalue weighted by Gasteiger charge is 2.52. The molecule has 2 heteroatoms. The molecule has 0 aromatic heterocycles. The zero-order valence-electron chi connectivity index (χ0n) is 15.6. The largest absolute Gasteiger partial charge is 0.496 e. The predicted molar refractivity (Wildman–Crippen MR) is 95.1 cm³/mol. The summed E-state index contributed by atoms with van der Waals surface area (Å²) in [6.07, 6.45) is 4.28. The Balaban J connectivity index is 2.24. The maximum Gasteiger partial charge on any atom is 0.122 e. The van der Waals surface area contributed by atoms with Crippen molar-refractivity contribution in [3.05, 3.63) is 28.8 Å². The average Bonchev–Trinajstić information content (AvgIpc) is 2.48. The van der Waals surface area contributed by atoms with E-state index in [0.29, 0.717) is 17.3 Å². The molecule has 1 fully saturated rings. The molecule has 23 heavy (non-hydrogen) atoms. The molecule has 0 heterocycles. The van der Waals surface area contributed by atoms with Crippen LogP contribution in [0.2, 0.25) is 0 Å². The summed E-state index contributed by atoms with van der Waals surface area (Å²) < 4.78 is 5.62. The molecule has 2 nitrogen and oxygen atoms in total. The first kappa shape index (κ1) is 16.8. The van der Waals surface area contributed by atoms with Gasteiger partial charge in [0.25, 0.3) is 0 Å². The smallest absolute Gasteiger partial charge is 0.122 e. The average molecular weight is 316 g/mol. The maximum absolute atomic E-state index is 11.0. The van der Waals surface area contributed by atoms with E-state index in [0.717, 1.165) is 17.7 Å². The Morgan fingerprint density at radius 1 is 1.17 bits per heavy atom. The molecule has 0 amide bonds. The van der Waals surface area contributed by atoms with Crippen molar-refractivity contribution in [1.29, 1.82) is 0 Å². The van der Waals surface area contributed by atoms with Gasteiger partial charge >= 0.3 is 0 Å². The summed E-state index contributed by atoms with van der Waals surface area (Å²) >= 11 is 0. The fourth-order valence-electron chi connectivity index (χ4n) is 5.61. The quantitative estimate of drug-likeness (QED) is 0.798. The number of hydrogen-bond donors (Lipinski definition) is 1. The van der Waals surface area contributed by atoms with Gasteiger partial charge in [-0.05, 0) is 59.1 Å². The fourth-order valence-corrected chi connectivity index (χ4v) is 5.61. The Morgan fingerprint density at radius 3 is 2.48 bits per heavy atom. The van der Waals surface area contributed by atoms with E-state index >= 15 is 0 Å². The van der Waals surface area contributed by atoms with Crippen molar-refractivity contribution in [2.75, 3.05) is 7.11 Å². The number of aliphatic hydroxyl groups is 1. The molecule has 128 valence electrons. The molecule has 3 rings (SSSR count). The molecule has 0 bridgehead atoms. The highest BCUT2D eigenvalue weighted by molar-refractivity contribution is 5.52. The SMILES string of the molecule is COc1ccc2c(c1C(C)C)C(O)CC1C(C)(C)CCCC21C. The van der Waals surface area contributed by atoms with Crippen molar-refractivity contribution in [2.24, 2.45) is 11.3 Å². The van der Waals surface area contributed by atoms with Crippen molar-refractivity contribution in [3.8, 4) is 5.75 Å². The first-order valence-corrected chi connectivity index (χ1v) is 9.11. The number of fused-ring (bicyclic) bond motifs is 3. The Bertz CT molecular complexity index is 602. The van der Waals surface area contributed by atoms with Crippen LogP contribution in [0.3, 0.4) is 0 Å². The lowest BCUT2D eigenvalue weighted by Gasteiger charge is -2.55. The molecule has 1 saturated carbocycles. The number of aliphatic hydroxyl groups excluding tert-OH is 1. The molecule has 3 atom stereocenters. The molecule has 0 spiro atoms. The summed E-state index contributed by atoms with van der Waals surface area (Å²) in [5.41, 5.74) is 4.21. The second-order valence-electron chi connectivity index (χ2n) is 8.86. The van der Waals surface area contributed by atoms with Gasteiger partial charge in [-0.2, -0.15) is 0 Å². The van der Waals surface area contributed by atoms with Crippen molar-refractivity contribution < 1.29 is 9.84 Å². The van der Waals surface area contributed by atoms with Gasteiger partial charge in [0.05, 0.1) is 13.2 Å². The van der Waals surface area contributed by atoms with Crippen LogP contribution >= 0.6 is 0 Å². The van der Waals surface area contributed by atoms with Gasteiger partial charge < -0.3 is 9.84 Å². The topological polar surface area (TPSA) is 29.5 Å².